The topological polar surface area (TPSA) is 84.1 Å². The average Bonchev–Trinajstić information content (AvgIpc) is 2.86. The first-order valence-corrected chi connectivity index (χ1v) is 8.16. The zero-order chi connectivity index (χ0) is 15.7. The molecule has 0 aliphatic rings. The monoisotopic (exact) mass is 337 g/mol. The third kappa shape index (κ3) is 2.86. The van der Waals surface area contributed by atoms with E-state index >= 15 is 0 Å². The van der Waals surface area contributed by atoms with Crippen molar-refractivity contribution in [1.29, 1.82) is 0 Å². The summed E-state index contributed by atoms with van der Waals surface area (Å²) in [7, 11) is -2.15. The number of rotatable bonds is 4. The van der Waals surface area contributed by atoms with E-state index in [-0.39, 0.29) is 10.2 Å². The Morgan fingerprint density at radius 2 is 1.91 bits per heavy atom. The summed E-state index contributed by atoms with van der Waals surface area (Å²) in [5.74, 6) is 0.590. The summed E-state index contributed by atoms with van der Waals surface area (Å²) in [6.45, 7) is 0. The predicted octanol–water partition coefficient (Wildman–Crippen LogP) is 3.03. The molecule has 0 saturated carbocycles. The van der Waals surface area contributed by atoms with Gasteiger partial charge in [-0.15, -0.1) is 0 Å². The number of anilines is 1. The minimum absolute atomic E-state index is 0.149. The minimum Gasteiger partial charge on any atom is -0.497 e. The Hall–Kier alpha value is -2.25. The molecule has 3 aromatic rings. The Morgan fingerprint density at radius 1 is 1.18 bits per heavy atom. The van der Waals surface area contributed by atoms with Crippen LogP contribution in [0, 0.1) is 0 Å². The molecule has 114 valence electrons. The normalized spacial score (nSPS) is 11.5. The number of sulfonamides is 1. The van der Waals surface area contributed by atoms with E-state index in [0.29, 0.717) is 22.5 Å². The second kappa shape index (κ2) is 5.51. The zero-order valence-electron chi connectivity index (χ0n) is 11.5. The van der Waals surface area contributed by atoms with E-state index in [9.17, 15) is 8.42 Å². The number of benzene rings is 2. The van der Waals surface area contributed by atoms with Gasteiger partial charge in [-0.3, -0.25) is 4.72 Å². The molecule has 22 heavy (non-hydrogen) atoms. The molecular weight excluding hydrogens is 326 g/mol. The van der Waals surface area contributed by atoms with Gasteiger partial charge in [0.25, 0.3) is 10.0 Å². The zero-order valence-corrected chi connectivity index (χ0v) is 13.1. The van der Waals surface area contributed by atoms with Gasteiger partial charge in [0.1, 0.15) is 5.75 Å². The molecule has 1 heterocycles. The molecule has 0 bridgehead atoms. The fraction of sp³-hybridized carbons (Fsp3) is 0.0714. The van der Waals surface area contributed by atoms with E-state index in [1.165, 1.54) is 19.2 Å². The van der Waals surface area contributed by atoms with Gasteiger partial charge in [0.15, 0.2) is 0 Å². The number of hydrogen-bond acceptors (Lipinski definition) is 4. The molecule has 0 aliphatic heterocycles. The summed E-state index contributed by atoms with van der Waals surface area (Å²) in [6, 6.07) is 11.1. The van der Waals surface area contributed by atoms with Crippen LogP contribution < -0.4 is 9.46 Å². The molecule has 0 amide bonds. The summed E-state index contributed by atoms with van der Waals surface area (Å²) < 4.78 is 32.2. The first kappa shape index (κ1) is 14.7. The van der Waals surface area contributed by atoms with Crippen molar-refractivity contribution in [3.63, 3.8) is 0 Å². The van der Waals surface area contributed by atoms with Gasteiger partial charge in [0.05, 0.1) is 28.7 Å². The number of nitrogens with one attached hydrogen (secondary N) is 2. The molecule has 2 aromatic carbocycles. The van der Waals surface area contributed by atoms with Gasteiger partial charge < -0.3 is 9.72 Å². The molecule has 0 atom stereocenters. The first-order chi connectivity index (χ1) is 10.5. The van der Waals surface area contributed by atoms with Crippen molar-refractivity contribution in [3.8, 4) is 5.75 Å². The Labute approximate surface area is 132 Å². The Bertz CT molecular complexity index is 920. The third-order valence-corrected chi connectivity index (χ3v) is 4.65. The van der Waals surface area contributed by atoms with Crippen molar-refractivity contribution in [1.82, 2.24) is 9.97 Å². The molecule has 0 radical (unpaired) electrons. The number of aromatic amines is 1. The molecule has 0 unspecified atom stereocenters. The fourth-order valence-corrected chi connectivity index (χ4v) is 3.25. The van der Waals surface area contributed by atoms with E-state index in [1.54, 1.807) is 30.3 Å². The van der Waals surface area contributed by atoms with Gasteiger partial charge >= 0.3 is 0 Å². The number of fused-ring (bicyclic) bond motifs is 1. The van der Waals surface area contributed by atoms with Crippen LogP contribution in [0.2, 0.25) is 5.28 Å². The number of methoxy groups -OCH3 is 1. The maximum absolute atomic E-state index is 12.3. The number of ether oxygens (including phenoxy) is 1. The number of halogens is 1. The number of hydrogen-bond donors (Lipinski definition) is 2. The van der Waals surface area contributed by atoms with Crippen molar-refractivity contribution >= 4 is 38.3 Å². The van der Waals surface area contributed by atoms with Crippen LogP contribution in [-0.4, -0.2) is 25.5 Å². The van der Waals surface area contributed by atoms with Gasteiger partial charge in [0.2, 0.25) is 5.28 Å². The lowest BCUT2D eigenvalue weighted by Crippen LogP contribution is -2.12. The van der Waals surface area contributed by atoms with Crippen LogP contribution >= 0.6 is 11.6 Å². The number of H-pyrrole nitrogens is 1. The third-order valence-electron chi connectivity index (χ3n) is 3.07. The molecule has 6 nitrogen and oxygen atoms in total. The lowest BCUT2D eigenvalue weighted by atomic mass is 10.3. The SMILES string of the molecule is COc1ccc(S(=O)(=O)Nc2ccc3nc(Cl)[nH]c3c2)cc1. The molecule has 0 fully saturated rings. The number of aromatic nitrogens is 2. The van der Waals surface area contributed by atoms with Gasteiger partial charge in [-0.2, -0.15) is 0 Å². The highest BCUT2D eigenvalue weighted by molar-refractivity contribution is 7.92. The molecule has 0 spiro atoms. The van der Waals surface area contributed by atoms with Crippen LogP contribution in [0.5, 0.6) is 5.75 Å². The Balaban J connectivity index is 1.91. The second-order valence-corrected chi connectivity index (χ2v) is 6.58. The summed E-state index contributed by atoms with van der Waals surface area (Å²) in [5.41, 5.74) is 1.74. The smallest absolute Gasteiger partial charge is 0.261 e. The second-order valence-electron chi connectivity index (χ2n) is 4.54. The van der Waals surface area contributed by atoms with Crippen molar-refractivity contribution in [2.45, 2.75) is 4.90 Å². The molecule has 3 rings (SSSR count). The highest BCUT2D eigenvalue weighted by Gasteiger charge is 2.14. The van der Waals surface area contributed by atoms with E-state index in [4.69, 9.17) is 16.3 Å². The van der Waals surface area contributed by atoms with E-state index in [2.05, 4.69) is 14.7 Å². The van der Waals surface area contributed by atoms with Gasteiger partial charge in [0, 0.05) is 0 Å². The Kier molecular flexibility index (Phi) is 3.67. The van der Waals surface area contributed by atoms with E-state index in [1.807, 2.05) is 0 Å². The molecule has 2 N–H and O–H groups in total. The molecule has 1 aromatic heterocycles. The first-order valence-electron chi connectivity index (χ1n) is 6.30. The van der Waals surface area contributed by atoms with Gasteiger partial charge in [-0.1, -0.05) is 0 Å². The summed E-state index contributed by atoms with van der Waals surface area (Å²) in [6.07, 6.45) is 0. The molecular formula is C14H12ClN3O3S. The van der Waals surface area contributed by atoms with Crippen LogP contribution in [0.3, 0.4) is 0 Å². The summed E-state index contributed by atoms with van der Waals surface area (Å²) in [4.78, 5) is 7.04. The lowest BCUT2D eigenvalue weighted by molar-refractivity contribution is 0.414. The van der Waals surface area contributed by atoms with E-state index in [0.717, 1.165) is 0 Å². The summed E-state index contributed by atoms with van der Waals surface area (Å²) in [5, 5.41) is 0.255. The van der Waals surface area contributed by atoms with Crippen LogP contribution in [-0.2, 0) is 10.0 Å². The number of imidazole rings is 1. The number of nitrogens with zero attached hydrogens (tertiary/aromatic N) is 1. The maximum Gasteiger partial charge on any atom is 0.261 e. The summed E-state index contributed by atoms with van der Waals surface area (Å²) >= 11 is 5.78. The van der Waals surface area contributed by atoms with Crippen LogP contribution in [0.25, 0.3) is 11.0 Å². The van der Waals surface area contributed by atoms with Crippen molar-refractivity contribution in [2.24, 2.45) is 0 Å². The highest BCUT2D eigenvalue weighted by atomic mass is 35.5. The largest absolute Gasteiger partial charge is 0.497 e. The average molecular weight is 338 g/mol. The Morgan fingerprint density at radius 3 is 2.59 bits per heavy atom. The van der Waals surface area contributed by atoms with Gasteiger partial charge in [-0.05, 0) is 54.1 Å². The van der Waals surface area contributed by atoms with Crippen LogP contribution in [0.1, 0.15) is 0 Å². The highest BCUT2D eigenvalue weighted by Crippen LogP contribution is 2.22. The van der Waals surface area contributed by atoms with Gasteiger partial charge in [-0.25, -0.2) is 13.4 Å². The lowest BCUT2D eigenvalue weighted by Gasteiger charge is -2.08. The van der Waals surface area contributed by atoms with Crippen LogP contribution in [0.15, 0.2) is 47.4 Å². The molecule has 8 heteroatoms. The standard InChI is InChI=1S/C14H12ClN3O3S/c1-21-10-3-5-11(6-4-10)22(19,20)18-9-2-7-12-13(8-9)17-14(15)16-12/h2-8,18H,1H3,(H,16,17). The van der Waals surface area contributed by atoms with Crippen molar-refractivity contribution < 1.29 is 13.2 Å². The quantitative estimate of drug-likeness (QED) is 0.766. The van der Waals surface area contributed by atoms with E-state index < -0.39 is 10.0 Å². The molecule has 0 saturated heterocycles. The van der Waals surface area contributed by atoms with Crippen molar-refractivity contribution in [2.75, 3.05) is 11.8 Å². The predicted molar refractivity (Wildman–Crippen MR) is 84.9 cm³/mol. The molecule has 0 aliphatic carbocycles. The van der Waals surface area contributed by atoms with Crippen LogP contribution in [0.4, 0.5) is 5.69 Å². The maximum atomic E-state index is 12.3. The fourth-order valence-electron chi connectivity index (χ4n) is 2.01. The van der Waals surface area contributed by atoms with Crippen molar-refractivity contribution in [3.05, 3.63) is 47.7 Å². The minimum atomic E-state index is -3.67.